The molecule has 3 aromatic rings. The summed E-state index contributed by atoms with van der Waals surface area (Å²) >= 11 is 1.55. The first kappa shape index (κ1) is 24.8. The number of carbonyl (C=O) groups is 2. The number of anilines is 1. The quantitative estimate of drug-likeness (QED) is 0.390. The predicted molar refractivity (Wildman–Crippen MR) is 137 cm³/mol. The summed E-state index contributed by atoms with van der Waals surface area (Å²) in [5, 5.41) is 17.1. The van der Waals surface area contributed by atoms with Crippen LogP contribution in [0, 0.1) is 0 Å². The Morgan fingerprint density at radius 1 is 1.23 bits per heavy atom. The molecule has 184 valence electrons. The van der Waals surface area contributed by atoms with E-state index < -0.39 is 0 Å². The van der Waals surface area contributed by atoms with Crippen LogP contribution in [0.5, 0.6) is 0 Å². The van der Waals surface area contributed by atoms with Crippen LogP contribution in [0.15, 0.2) is 48.8 Å². The Morgan fingerprint density at radius 3 is 2.77 bits per heavy atom. The molecule has 3 N–H and O–H groups in total. The van der Waals surface area contributed by atoms with Crippen LogP contribution in [0.2, 0.25) is 0 Å². The SMILES string of the molecule is CN(C)CCNC(=O)C=CC(=O)N1CCc2c(sc3ncnc(N[C@H](CO)c4ccccc4)c23)C1. The lowest BCUT2D eigenvalue weighted by Gasteiger charge is -2.26. The number of aliphatic hydroxyl groups excluding tert-OH is 1. The Bertz CT molecular complexity index is 1210. The molecule has 0 radical (unpaired) electrons. The van der Waals surface area contributed by atoms with Gasteiger partial charge in [-0.15, -0.1) is 11.3 Å². The summed E-state index contributed by atoms with van der Waals surface area (Å²) < 4.78 is 0. The summed E-state index contributed by atoms with van der Waals surface area (Å²) in [6, 6.07) is 9.46. The molecule has 1 atom stereocenters. The van der Waals surface area contributed by atoms with E-state index >= 15 is 0 Å². The molecule has 0 bridgehead atoms. The zero-order chi connectivity index (χ0) is 24.8. The van der Waals surface area contributed by atoms with Crippen molar-refractivity contribution in [3.05, 3.63) is 64.8 Å². The van der Waals surface area contributed by atoms with Crippen LogP contribution in [-0.2, 0) is 22.6 Å². The Hall–Kier alpha value is -3.34. The molecule has 2 amide bonds. The van der Waals surface area contributed by atoms with Gasteiger partial charge in [0.2, 0.25) is 11.8 Å². The fourth-order valence-corrected chi connectivity index (χ4v) is 5.23. The Morgan fingerprint density at radius 2 is 2.03 bits per heavy atom. The molecule has 1 aromatic carbocycles. The monoisotopic (exact) mass is 494 g/mol. The van der Waals surface area contributed by atoms with Crippen molar-refractivity contribution >= 4 is 39.2 Å². The number of carbonyl (C=O) groups excluding carboxylic acids is 2. The van der Waals surface area contributed by atoms with Gasteiger partial charge >= 0.3 is 0 Å². The van der Waals surface area contributed by atoms with Crippen molar-refractivity contribution in [3.8, 4) is 0 Å². The second-order valence-electron chi connectivity index (χ2n) is 8.63. The molecular weight excluding hydrogens is 464 g/mol. The number of nitrogens with one attached hydrogen (secondary N) is 2. The summed E-state index contributed by atoms with van der Waals surface area (Å²) in [6.07, 6.45) is 4.82. The molecule has 1 aliphatic heterocycles. The van der Waals surface area contributed by atoms with E-state index in [1.165, 1.54) is 18.5 Å². The van der Waals surface area contributed by atoms with Crippen LogP contribution < -0.4 is 10.6 Å². The van der Waals surface area contributed by atoms with Gasteiger partial charge in [0, 0.05) is 36.7 Å². The third kappa shape index (κ3) is 6.02. The second-order valence-corrected chi connectivity index (χ2v) is 9.72. The molecule has 9 nitrogen and oxygen atoms in total. The minimum absolute atomic E-state index is 0.0703. The number of benzene rings is 1. The largest absolute Gasteiger partial charge is 0.394 e. The number of nitrogens with zero attached hydrogens (tertiary/aromatic N) is 4. The normalized spacial score (nSPS) is 14.3. The fraction of sp³-hybridized carbons (Fsp3) is 0.360. The van der Waals surface area contributed by atoms with Gasteiger partial charge < -0.3 is 25.5 Å². The van der Waals surface area contributed by atoms with Gasteiger partial charge in [-0.2, -0.15) is 0 Å². The van der Waals surface area contributed by atoms with Crippen LogP contribution in [-0.4, -0.2) is 77.0 Å². The van der Waals surface area contributed by atoms with E-state index in [1.54, 1.807) is 16.2 Å². The first-order valence-corrected chi connectivity index (χ1v) is 12.3. The van der Waals surface area contributed by atoms with Crippen molar-refractivity contribution in [1.29, 1.82) is 0 Å². The summed E-state index contributed by atoms with van der Waals surface area (Å²) in [5.74, 6) is 0.219. The van der Waals surface area contributed by atoms with E-state index in [9.17, 15) is 14.7 Å². The zero-order valence-electron chi connectivity index (χ0n) is 19.9. The number of aromatic nitrogens is 2. The molecule has 0 saturated carbocycles. The highest BCUT2D eigenvalue weighted by atomic mass is 32.1. The molecule has 0 fully saturated rings. The van der Waals surface area contributed by atoms with Crippen molar-refractivity contribution in [1.82, 2.24) is 25.1 Å². The van der Waals surface area contributed by atoms with Crippen LogP contribution in [0.1, 0.15) is 22.0 Å². The minimum atomic E-state index is -0.291. The lowest BCUT2D eigenvalue weighted by Crippen LogP contribution is -2.34. The zero-order valence-corrected chi connectivity index (χ0v) is 20.7. The van der Waals surface area contributed by atoms with Crippen LogP contribution in [0.25, 0.3) is 10.2 Å². The number of amides is 2. The number of hydrogen-bond acceptors (Lipinski definition) is 8. The van der Waals surface area contributed by atoms with E-state index in [2.05, 4.69) is 20.6 Å². The van der Waals surface area contributed by atoms with Gasteiger partial charge in [0.25, 0.3) is 0 Å². The molecule has 35 heavy (non-hydrogen) atoms. The summed E-state index contributed by atoms with van der Waals surface area (Å²) in [6.45, 7) is 2.19. The number of fused-ring (bicyclic) bond motifs is 3. The van der Waals surface area contributed by atoms with E-state index in [0.717, 1.165) is 32.8 Å². The molecule has 3 heterocycles. The van der Waals surface area contributed by atoms with Gasteiger partial charge in [-0.25, -0.2) is 9.97 Å². The summed E-state index contributed by atoms with van der Waals surface area (Å²) in [5.41, 5.74) is 2.10. The maximum Gasteiger partial charge on any atom is 0.247 e. The van der Waals surface area contributed by atoms with Crippen LogP contribution >= 0.6 is 11.3 Å². The molecule has 0 saturated heterocycles. The van der Waals surface area contributed by atoms with Gasteiger partial charge in [0.05, 0.1) is 24.6 Å². The molecule has 1 aliphatic rings. The molecule has 2 aromatic heterocycles. The number of thiophene rings is 1. The maximum atomic E-state index is 12.7. The fourth-order valence-electron chi connectivity index (χ4n) is 4.02. The van der Waals surface area contributed by atoms with Crippen LogP contribution in [0.3, 0.4) is 0 Å². The highest BCUT2D eigenvalue weighted by Crippen LogP contribution is 2.38. The van der Waals surface area contributed by atoms with Crippen molar-refractivity contribution in [2.75, 3.05) is 45.7 Å². The van der Waals surface area contributed by atoms with E-state index in [-0.39, 0.29) is 24.5 Å². The number of hydrogen-bond donors (Lipinski definition) is 3. The Kier molecular flexibility index (Phi) is 8.06. The van der Waals surface area contributed by atoms with Gasteiger partial charge in [0.15, 0.2) is 0 Å². The molecule has 0 spiro atoms. The molecule has 4 rings (SSSR count). The highest BCUT2D eigenvalue weighted by Gasteiger charge is 2.26. The second kappa shape index (κ2) is 11.4. The Labute approximate surface area is 208 Å². The van der Waals surface area contributed by atoms with Gasteiger partial charge in [-0.3, -0.25) is 9.59 Å². The lowest BCUT2D eigenvalue weighted by molar-refractivity contribution is -0.127. The summed E-state index contributed by atoms with van der Waals surface area (Å²) in [4.78, 5) is 39.2. The van der Waals surface area contributed by atoms with Crippen molar-refractivity contribution in [2.24, 2.45) is 0 Å². The first-order valence-electron chi connectivity index (χ1n) is 11.5. The van der Waals surface area contributed by atoms with Crippen molar-refractivity contribution < 1.29 is 14.7 Å². The predicted octanol–water partition coefficient (Wildman–Crippen LogP) is 1.96. The third-order valence-corrected chi connectivity index (χ3v) is 7.00. The lowest BCUT2D eigenvalue weighted by atomic mass is 10.0. The summed E-state index contributed by atoms with van der Waals surface area (Å²) in [7, 11) is 3.87. The van der Waals surface area contributed by atoms with Gasteiger partial charge in [-0.05, 0) is 31.6 Å². The highest BCUT2D eigenvalue weighted by molar-refractivity contribution is 7.19. The smallest absolute Gasteiger partial charge is 0.247 e. The topological polar surface area (TPSA) is 111 Å². The standard InChI is InChI=1S/C25H30N6O3S/c1-30(2)13-11-26-21(33)8-9-22(34)31-12-10-18-20(14-31)35-25-23(18)24(27-16-28-25)29-19(15-32)17-6-4-3-5-7-17/h3-9,16,19,32H,10-15H2,1-2H3,(H,26,33)(H,27,28,29)/t19-/m1/s1. The van der Waals surface area contributed by atoms with Gasteiger partial charge in [-0.1, -0.05) is 30.3 Å². The average molecular weight is 495 g/mol. The van der Waals surface area contributed by atoms with E-state index in [4.69, 9.17) is 0 Å². The molecule has 0 unspecified atom stereocenters. The minimum Gasteiger partial charge on any atom is -0.394 e. The van der Waals surface area contributed by atoms with Gasteiger partial charge in [0.1, 0.15) is 17.0 Å². The van der Waals surface area contributed by atoms with Crippen LogP contribution in [0.4, 0.5) is 5.82 Å². The van der Waals surface area contributed by atoms with E-state index in [0.29, 0.717) is 31.9 Å². The molecule has 10 heteroatoms. The van der Waals surface area contributed by atoms with Crippen molar-refractivity contribution in [3.63, 3.8) is 0 Å². The number of rotatable bonds is 9. The number of likely N-dealkylation sites (N-methyl/N-ethyl adjacent to an activating group) is 1. The molecule has 0 aliphatic carbocycles. The molecular formula is C25H30N6O3S. The van der Waals surface area contributed by atoms with Crippen molar-refractivity contribution in [2.45, 2.75) is 19.0 Å². The average Bonchev–Trinajstić information content (AvgIpc) is 3.24. The Balaban J connectivity index is 1.47. The number of aliphatic hydroxyl groups is 1. The first-order chi connectivity index (χ1) is 17.0. The maximum absolute atomic E-state index is 12.7. The third-order valence-electron chi connectivity index (χ3n) is 5.88. The van der Waals surface area contributed by atoms with E-state index in [1.807, 2.05) is 49.3 Å².